The van der Waals surface area contributed by atoms with Crippen LogP contribution in [0.25, 0.3) is 0 Å². The van der Waals surface area contributed by atoms with Crippen molar-refractivity contribution in [2.24, 2.45) is 5.92 Å². The maximum Gasteiger partial charge on any atom is 0.410 e. The Hall–Kier alpha value is -4.88. The molecule has 1 aromatic carbocycles. The number of amides is 3. The van der Waals surface area contributed by atoms with Crippen molar-refractivity contribution in [2.75, 3.05) is 39.8 Å². The number of nitrogens with one attached hydrogen (secondary N) is 3. The molecule has 2 atom stereocenters. The van der Waals surface area contributed by atoms with E-state index in [4.69, 9.17) is 14.2 Å². The predicted octanol–water partition coefficient (Wildman–Crippen LogP) is 2.83. The fourth-order valence-electron chi connectivity index (χ4n) is 5.24. The molecule has 0 saturated heterocycles. The van der Waals surface area contributed by atoms with E-state index in [0.29, 0.717) is 37.2 Å². The molecule has 0 radical (unpaired) electrons. The summed E-state index contributed by atoms with van der Waals surface area (Å²) in [5, 5.41) is 8.89. The number of rotatable bonds is 14. The Labute approximate surface area is 287 Å². The molecule has 268 valence electrons. The number of unbranched alkanes of at least 4 members (excludes halogenated alkanes) is 1. The zero-order valence-corrected chi connectivity index (χ0v) is 29.2. The van der Waals surface area contributed by atoms with Gasteiger partial charge in [-0.2, -0.15) is 0 Å². The number of esters is 1. The zero-order chi connectivity index (χ0) is 36.1. The van der Waals surface area contributed by atoms with Crippen molar-refractivity contribution in [1.82, 2.24) is 25.8 Å². The minimum absolute atomic E-state index is 0.0373. The maximum atomic E-state index is 13.8. The van der Waals surface area contributed by atoms with Crippen LogP contribution in [0.1, 0.15) is 59.4 Å². The van der Waals surface area contributed by atoms with E-state index < -0.39 is 35.8 Å². The first-order chi connectivity index (χ1) is 23.1. The Bertz CT molecular complexity index is 1420. The van der Waals surface area contributed by atoms with Crippen molar-refractivity contribution in [2.45, 2.75) is 78.2 Å². The maximum absolute atomic E-state index is 13.8. The third-order valence-corrected chi connectivity index (χ3v) is 7.57. The van der Waals surface area contributed by atoms with E-state index in [2.05, 4.69) is 16.0 Å². The van der Waals surface area contributed by atoms with Crippen molar-refractivity contribution in [3.8, 4) is 0 Å². The minimum atomic E-state index is -0.819. The highest BCUT2D eigenvalue weighted by molar-refractivity contribution is 5.97. The normalized spacial score (nSPS) is 16.2. The lowest BCUT2D eigenvalue weighted by atomic mass is 10.00. The molecule has 3 amide bonds. The van der Waals surface area contributed by atoms with Crippen molar-refractivity contribution < 1.29 is 43.0 Å². The second-order valence-electron chi connectivity index (χ2n) is 13.4. The largest absolute Gasteiger partial charge is 0.467 e. The first-order valence-electron chi connectivity index (χ1n) is 16.4. The quantitative estimate of drug-likeness (QED) is 0.150. The second-order valence-corrected chi connectivity index (χ2v) is 13.4. The van der Waals surface area contributed by atoms with Gasteiger partial charge in [0, 0.05) is 30.1 Å². The van der Waals surface area contributed by atoms with Gasteiger partial charge in [0.15, 0.2) is 11.6 Å². The number of nitrogens with zero attached hydrogens (tertiary/aromatic N) is 2. The van der Waals surface area contributed by atoms with E-state index in [1.165, 1.54) is 29.1 Å². The first kappa shape index (κ1) is 38.6. The third kappa shape index (κ3) is 12.9. The minimum Gasteiger partial charge on any atom is -0.467 e. The second kappa shape index (κ2) is 18.0. The van der Waals surface area contributed by atoms with Crippen LogP contribution in [-0.2, 0) is 40.0 Å². The van der Waals surface area contributed by atoms with Crippen LogP contribution in [-0.4, -0.2) is 103 Å². The molecule has 0 bridgehead atoms. The van der Waals surface area contributed by atoms with Gasteiger partial charge in [-0.1, -0.05) is 44.2 Å². The van der Waals surface area contributed by atoms with Crippen molar-refractivity contribution in [3.63, 3.8) is 0 Å². The number of ketones is 2. The van der Waals surface area contributed by atoms with Gasteiger partial charge in [0.05, 0.1) is 33.3 Å². The molecule has 0 unspecified atom stereocenters. The van der Waals surface area contributed by atoms with Gasteiger partial charge >= 0.3 is 18.2 Å². The van der Waals surface area contributed by atoms with Crippen molar-refractivity contribution >= 4 is 35.6 Å². The summed E-state index contributed by atoms with van der Waals surface area (Å²) in [5.41, 5.74) is 0.961. The van der Waals surface area contributed by atoms with Crippen molar-refractivity contribution in [3.05, 3.63) is 59.4 Å². The fraction of sp³-hybridized carbons (Fsp3) is 0.543. The SMILES string of the molecule is COC(=O)[C@H](CCCCNC(=O)OC(C)(C)C)NC1=CC(=O)CN(C(=O)[C@H](NC2=CC(=O)CN(C(=O)OCc3ccccc3)C2)C(C)C)C1. The van der Waals surface area contributed by atoms with Gasteiger partial charge in [-0.25, -0.2) is 14.4 Å². The molecule has 0 aliphatic carbocycles. The molecule has 2 aliphatic rings. The zero-order valence-electron chi connectivity index (χ0n) is 29.2. The van der Waals surface area contributed by atoms with Crippen LogP contribution < -0.4 is 16.0 Å². The van der Waals surface area contributed by atoms with Crippen LogP contribution in [0.2, 0.25) is 0 Å². The molecule has 2 heterocycles. The highest BCUT2D eigenvalue weighted by Gasteiger charge is 2.34. The lowest BCUT2D eigenvalue weighted by Crippen LogP contribution is -2.54. The Morgan fingerprint density at radius 3 is 2.08 bits per heavy atom. The Kier molecular flexibility index (Phi) is 14.2. The molecule has 0 spiro atoms. The van der Waals surface area contributed by atoms with E-state index >= 15 is 0 Å². The molecule has 0 aromatic heterocycles. The molecular formula is C35H49N5O9. The standard InChI is InChI=1S/C35H49N5O9/c1-23(2)30(38-26-17-28(42)21-40(19-26)34(46)48-22-24-12-8-7-9-13-24)31(43)39-18-25(16-27(41)20-39)37-29(32(44)47-6)14-10-11-15-36-33(45)49-35(3,4)5/h7-9,12-13,16-17,23,29-30,37-38H,10-11,14-15,18-22H2,1-6H3,(H,36,45)/t29-,30+/m0/s1. The monoisotopic (exact) mass is 683 g/mol. The first-order valence-corrected chi connectivity index (χ1v) is 16.4. The molecule has 2 aliphatic heterocycles. The molecule has 3 N–H and O–H groups in total. The van der Waals surface area contributed by atoms with Crippen LogP contribution in [0.4, 0.5) is 9.59 Å². The summed E-state index contributed by atoms with van der Waals surface area (Å²) in [7, 11) is 1.27. The lowest BCUT2D eigenvalue weighted by Gasteiger charge is -2.35. The summed E-state index contributed by atoms with van der Waals surface area (Å²) < 4.78 is 15.6. The number of benzene rings is 1. The van der Waals surface area contributed by atoms with Crippen molar-refractivity contribution in [1.29, 1.82) is 0 Å². The summed E-state index contributed by atoms with van der Waals surface area (Å²) in [5.74, 6) is -1.81. The Morgan fingerprint density at radius 1 is 0.857 bits per heavy atom. The van der Waals surface area contributed by atoms with Crippen LogP contribution >= 0.6 is 0 Å². The average Bonchev–Trinajstić information content (AvgIpc) is 3.03. The van der Waals surface area contributed by atoms with E-state index in [9.17, 15) is 28.8 Å². The molecular weight excluding hydrogens is 634 g/mol. The van der Waals surface area contributed by atoms with Gasteiger partial charge in [0.25, 0.3) is 0 Å². The highest BCUT2D eigenvalue weighted by Crippen LogP contribution is 2.17. The summed E-state index contributed by atoms with van der Waals surface area (Å²) in [4.78, 5) is 79.1. The summed E-state index contributed by atoms with van der Waals surface area (Å²) in [6, 6.07) is 7.57. The number of ether oxygens (including phenoxy) is 3. The predicted molar refractivity (Wildman–Crippen MR) is 180 cm³/mol. The van der Waals surface area contributed by atoms with Crippen LogP contribution in [0.15, 0.2) is 53.9 Å². The average molecular weight is 684 g/mol. The summed E-state index contributed by atoms with van der Waals surface area (Å²) >= 11 is 0. The number of hydrogen-bond donors (Lipinski definition) is 3. The number of methoxy groups -OCH3 is 1. The van der Waals surface area contributed by atoms with Crippen LogP contribution in [0.3, 0.4) is 0 Å². The number of carbonyl (C=O) groups excluding carboxylic acids is 6. The Balaban J connectivity index is 1.58. The molecule has 0 fully saturated rings. The third-order valence-electron chi connectivity index (χ3n) is 7.57. The van der Waals surface area contributed by atoms with E-state index in [-0.39, 0.29) is 56.2 Å². The van der Waals surface area contributed by atoms with E-state index in [1.807, 2.05) is 44.2 Å². The molecule has 14 heteroatoms. The van der Waals surface area contributed by atoms with E-state index in [1.54, 1.807) is 20.8 Å². The van der Waals surface area contributed by atoms with Gasteiger partial charge in [0.2, 0.25) is 5.91 Å². The lowest BCUT2D eigenvalue weighted by molar-refractivity contribution is -0.143. The summed E-state index contributed by atoms with van der Waals surface area (Å²) in [6.07, 6.45) is 3.05. The molecule has 3 rings (SSSR count). The van der Waals surface area contributed by atoms with Gasteiger partial charge in [-0.05, 0) is 51.5 Å². The fourth-order valence-corrected chi connectivity index (χ4v) is 5.24. The van der Waals surface area contributed by atoms with Gasteiger partial charge in [0.1, 0.15) is 24.3 Å². The van der Waals surface area contributed by atoms with Crippen LogP contribution in [0, 0.1) is 5.92 Å². The Morgan fingerprint density at radius 2 is 1.47 bits per heavy atom. The molecule has 0 saturated carbocycles. The highest BCUT2D eigenvalue weighted by atomic mass is 16.6. The number of alkyl carbamates (subject to hydrolysis) is 1. The van der Waals surface area contributed by atoms with Gasteiger partial charge < -0.3 is 35.1 Å². The molecule has 49 heavy (non-hydrogen) atoms. The number of hydrogen-bond acceptors (Lipinski definition) is 11. The molecule has 14 nitrogen and oxygen atoms in total. The van der Waals surface area contributed by atoms with Gasteiger partial charge in [-0.3, -0.25) is 19.3 Å². The smallest absolute Gasteiger partial charge is 0.410 e. The topological polar surface area (TPSA) is 173 Å². The number of carbonyl (C=O) groups is 6. The summed E-state index contributed by atoms with van der Waals surface area (Å²) in [6.45, 7) is 9.16. The van der Waals surface area contributed by atoms with Gasteiger partial charge in [-0.15, -0.1) is 0 Å². The van der Waals surface area contributed by atoms with E-state index in [0.717, 1.165) is 5.56 Å². The molecule has 1 aromatic rings. The van der Waals surface area contributed by atoms with Crippen LogP contribution in [0.5, 0.6) is 0 Å².